The van der Waals surface area contributed by atoms with E-state index in [-0.39, 0.29) is 11.5 Å². The van der Waals surface area contributed by atoms with E-state index in [9.17, 15) is 8.78 Å². The first-order chi connectivity index (χ1) is 7.17. The number of halogens is 2. The van der Waals surface area contributed by atoms with Crippen LogP contribution >= 0.6 is 0 Å². The molecule has 1 aromatic carbocycles. The molecule has 0 aromatic heterocycles. The summed E-state index contributed by atoms with van der Waals surface area (Å²) in [4.78, 5) is 0. The molecule has 1 N–H and O–H groups in total. The second-order valence-corrected chi connectivity index (χ2v) is 2.53. The first-order valence-electron chi connectivity index (χ1n) is 3.97. The van der Waals surface area contributed by atoms with Crippen molar-refractivity contribution in [2.45, 2.75) is 6.61 Å². The number of oxime groups is 1. The summed E-state index contributed by atoms with van der Waals surface area (Å²) in [6.07, 6.45) is 1.15. The second-order valence-electron chi connectivity index (χ2n) is 2.53. The van der Waals surface area contributed by atoms with Crippen LogP contribution in [0, 0.1) is 0 Å². The Kier molecular flexibility index (Phi) is 3.84. The smallest absolute Gasteiger partial charge is 0.387 e. The van der Waals surface area contributed by atoms with E-state index in [1.54, 1.807) is 0 Å². The maximum absolute atomic E-state index is 11.9. The molecule has 0 amide bonds. The predicted molar refractivity (Wildman–Crippen MR) is 49.0 cm³/mol. The van der Waals surface area contributed by atoms with Crippen molar-refractivity contribution < 1.29 is 23.5 Å². The Balaban J connectivity index is 2.98. The first-order valence-corrected chi connectivity index (χ1v) is 3.97. The van der Waals surface area contributed by atoms with Gasteiger partial charge in [-0.05, 0) is 18.2 Å². The van der Waals surface area contributed by atoms with Crippen LogP contribution in [0.5, 0.6) is 11.5 Å². The number of methoxy groups -OCH3 is 1. The zero-order valence-corrected chi connectivity index (χ0v) is 7.85. The molecule has 0 fully saturated rings. The third-order valence-electron chi connectivity index (χ3n) is 1.61. The van der Waals surface area contributed by atoms with Gasteiger partial charge in [0.05, 0.1) is 13.3 Å². The van der Waals surface area contributed by atoms with Crippen molar-refractivity contribution in [1.29, 1.82) is 0 Å². The van der Waals surface area contributed by atoms with Gasteiger partial charge in [0, 0.05) is 5.56 Å². The standard InChI is InChI=1S/C9H9F2NO3/c1-14-8-4-6(5-12-13)2-3-7(8)15-9(10)11/h2-5,9,13H,1H3/b12-5-. The zero-order valence-electron chi connectivity index (χ0n) is 7.85. The summed E-state index contributed by atoms with van der Waals surface area (Å²) >= 11 is 0. The van der Waals surface area contributed by atoms with Crippen LogP contribution in [0.1, 0.15) is 5.56 Å². The Bertz CT molecular complexity index is 355. The van der Waals surface area contributed by atoms with Crippen molar-refractivity contribution in [1.82, 2.24) is 0 Å². The maximum atomic E-state index is 11.9. The molecule has 0 saturated heterocycles. The van der Waals surface area contributed by atoms with Gasteiger partial charge in [-0.15, -0.1) is 0 Å². The first kappa shape index (κ1) is 11.2. The van der Waals surface area contributed by atoms with Crippen LogP contribution in [0.25, 0.3) is 0 Å². The summed E-state index contributed by atoms with van der Waals surface area (Å²) in [7, 11) is 1.33. The van der Waals surface area contributed by atoms with Crippen molar-refractivity contribution in [2.75, 3.05) is 7.11 Å². The molecule has 15 heavy (non-hydrogen) atoms. The number of hydrogen-bond donors (Lipinski definition) is 1. The Morgan fingerprint density at radius 3 is 2.67 bits per heavy atom. The lowest BCUT2D eigenvalue weighted by molar-refractivity contribution is -0.0512. The second kappa shape index (κ2) is 5.14. The highest BCUT2D eigenvalue weighted by Crippen LogP contribution is 2.28. The van der Waals surface area contributed by atoms with Crippen LogP contribution in [-0.2, 0) is 0 Å². The molecule has 1 aromatic rings. The third-order valence-corrected chi connectivity index (χ3v) is 1.61. The van der Waals surface area contributed by atoms with E-state index < -0.39 is 6.61 Å². The average Bonchev–Trinajstić information content (AvgIpc) is 2.20. The molecule has 82 valence electrons. The fourth-order valence-electron chi connectivity index (χ4n) is 1.02. The van der Waals surface area contributed by atoms with Crippen LogP contribution < -0.4 is 9.47 Å². The van der Waals surface area contributed by atoms with Crippen molar-refractivity contribution in [3.05, 3.63) is 23.8 Å². The number of ether oxygens (including phenoxy) is 2. The van der Waals surface area contributed by atoms with E-state index in [4.69, 9.17) is 9.94 Å². The average molecular weight is 217 g/mol. The molecule has 0 unspecified atom stereocenters. The van der Waals surface area contributed by atoms with Gasteiger partial charge < -0.3 is 14.7 Å². The molecule has 6 heteroatoms. The summed E-state index contributed by atoms with van der Waals surface area (Å²) in [6.45, 7) is -2.91. The van der Waals surface area contributed by atoms with Crippen molar-refractivity contribution in [3.63, 3.8) is 0 Å². The molecule has 0 bridgehead atoms. The molecule has 0 atom stereocenters. The van der Waals surface area contributed by atoms with Gasteiger partial charge in [-0.25, -0.2) is 0 Å². The number of alkyl halides is 2. The van der Waals surface area contributed by atoms with Gasteiger partial charge >= 0.3 is 6.61 Å². The van der Waals surface area contributed by atoms with Crippen LogP contribution in [0.3, 0.4) is 0 Å². The summed E-state index contributed by atoms with van der Waals surface area (Å²) < 4.78 is 32.9. The number of nitrogens with zero attached hydrogens (tertiary/aromatic N) is 1. The van der Waals surface area contributed by atoms with Crippen molar-refractivity contribution in [2.24, 2.45) is 5.16 Å². The van der Waals surface area contributed by atoms with Crippen LogP contribution in [0.2, 0.25) is 0 Å². The summed E-state index contributed by atoms with van der Waals surface area (Å²) in [5.41, 5.74) is 0.510. The molecular formula is C9H9F2NO3. The minimum absolute atomic E-state index is 0.0670. The Labute approximate surface area is 84.7 Å². The van der Waals surface area contributed by atoms with Gasteiger partial charge in [-0.1, -0.05) is 5.16 Å². The topological polar surface area (TPSA) is 51.0 Å². The summed E-state index contributed by atoms with van der Waals surface area (Å²) in [5, 5.41) is 11.1. The van der Waals surface area contributed by atoms with Gasteiger partial charge in [-0.2, -0.15) is 8.78 Å². The van der Waals surface area contributed by atoms with E-state index in [1.165, 1.54) is 25.3 Å². The molecule has 0 aliphatic carbocycles. The van der Waals surface area contributed by atoms with Gasteiger partial charge in [0.1, 0.15) is 0 Å². The summed E-state index contributed by atoms with van der Waals surface area (Å²) in [6, 6.07) is 4.18. The van der Waals surface area contributed by atoms with E-state index in [2.05, 4.69) is 9.89 Å². The monoisotopic (exact) mass is 217 g/mol. The molecule has 0 aliphatic heterocycles. The molecule has 0 saturated carbocycles. The Hall–Kier alpha value is -1.85. The minimum Gasteiger partial charge on any atom is -0.493 e. The molecule has 4 nitrogen and oxygen atoms in total. The lowest BCUT2D eigenvalue weighted by atomic mass is 10.2. The predicted octanol–water partition coefficient (Wildman–Crippen LogP) is 2.10. The molecule has 0 radical (unpaired) electrons. The van der Waals surface area contributed by atoms with E-state index >= 15 is 0 Å². The normalized spacial score (nSPS) is 10.9. The third kappa shape index (κ3) is 3.08. The largest absolute Gasteiger partial charge is 0.493 e. The fourth-order valence-corrected chi connectivity index (χ4v) is 1.02. The van der Waals surface area contributed by atoms with Gasteiger partial charge in [0.2, 0.25) is 0 Å². The van der Waals surface area contributed by atoms with E-state index in [1.807, 2.05) is 0 Å². The van der Waals surface area contributed by atoms with Gasteiger partial charge in [0.15, 0.2) is 11.5 Å². The van der Waals surface area contributed by atoms with Gasteiger partial charge in [-0.3, -0.25) is 0 Å². The van der Waals surface area contributed by atoms with Crippen molar-refractivity contribution in [3.8, 4) is 11.5 Å². The number of benzene rings is 1. The molecule has 1 rings (SSSR count). The fraction of sp³-hybridized carbons (Fsp3) is 0.222. The minimum atomic E-state index is -2.91. The highest BCUT2D eigenvalue weighted by molar-refractivity contribution is 5.80. The van der Waals surface area contributed by atoms with Crippen molar-refractivity contribution >= 4 is 6.21 Å². The van der Waals surface area contributed by atoms with E-state index in [0.29, 0.717) is 5.56 Å². The molecular weight excluding hydrogens is 208 g/mol. The van der Waals surface area contributed by atoms with Crippen LogP contribution in [0.15, 0.2) is 23.4 Å². The van der Waals surface area contributed by atoms with Crippen LogP contribution in [-0.4, -0.2) is 25.1 Å². The highest BCUT2D eigenvalue weighted by atomic mass is 19.3. The maximum Gasteiger partial charge on any atom is 0.387 e. The Morgan fingerprint density at radius 2 is 2.13 bits per heavy atom. The summed E-state index contributed by atoms with van der Waals surface area (Å²) in [5.74, 6) is 0.0790. The lowest BCUT2D eigenvalue weighted by Gasteiger charge is -2.09. The molecule has 0 heterocycles. The lowest BCUT2D eigenvalue weighted by Crippen LogP contribution is -2.03. The molecule has 0 spiro atoms. The number of rotatable bonds is 4. The van der Waals surface area contributed by atoms with E-state index in [0.717, 1.165) is 6.21 Å². The zero-order chi connectivity index (χ0) is 11.3. The highest BCUT2D eigenvalue weighted by Gasteiger charge is 2.10. The molecule has 0 aliphatic rings. The quantitative estimate of drug-likeness (QED) is 0.477. The van der Waals surface area contributed by atoms with Crippen LogP contribution in [0.4, 0.5) is 8.78 Å². The SMILES string of the molecule is COc1cc(/C=N\O)ccc1OC(F)F. The number of hydrogen-bond acceptors (Lipinski definition) is 4. The van der Waals surface area contributed by atoms with Gasteiger partial charge in [0.25, 0.3) is 0 Å². The Morgan fingerprint density at radius 1 is 1.40 bits per heavy atom.